The van der Waals surface area contributed by atoms with Crippen LogP contribution >= 0.6 is 12.6 Å². The molecule has 0 bridgehead atoms. The first-order valence-electron chi connectivity index (χ1n) is 2.92. The molecule has 1 nitrogen and oxygen atoms in total. The van der Waals surface area contributed by atoms with E-state index in [-0.39, 0.29) is 4.87 Å². The molecule has 0 heterocycles. The van der Waals surface area contributed by atoms with Crippen molar-refractivity contribution in [1.29, 1.82) is 0 Å². The van der Waals surface area contributed by atoms with Crippen molar-refractivity contribution in [2.45, 2.75) is 25.6 Å². The van der Waals surface area contributed by atoms with Gasteiger partial charge >= 0.3 is 0 Å². The highest BCUT2D eigenvalue weighted by Gasteiger charge is 2.19. The lowest BCUT2D eigenvalue weighted by atomic mass is 10.1. The van der Waals surface area contributed by atoms with Crippen molar-refractivity contribution in [3.05, 3.63) is 0 Å². The zero-order chi connectivity index (χ0) is 6.78. The second-order valence-electron chi connectivity index (χ2n) is 2.55. The van der Waals surface area contributed by atoms with Crippen molar-refractivity contribution in [2.24, 2.45) is 5.92 Å². The lowest BCUT2D eigenvalue weighted by molar-refractivity contribution is 0.417. The number of thiol groups is 1. The van der Waals surface area contributed by atoms with E-state index in [9.17, 15) is 0 Å². The van der Waals surface area contributed by atoms with Crippen LogP contribution in [0.25, 0.3) is 0 Å². The molecule has 0 amide bonds. The Labute approximate surface area is 57.3 Å². The van der Waals surface area contributed by atoms with E-state index in [0.29, 0.717) is 5.92 Å². The van der Waals surface area contributed by atoms with E-state index in [1.807, 2.05) is 7.05 Å². The molecule has 8 heavy (non-hydrogen) atoms. The lowest BCUT2D eigenvalue weighted by Gasteiger charge is -2.27. The van der Waals surface area contributed by atoms with Crippen molar-refractivity contribution in [3.63, 3.8) is 0 Å². The van der Waals surface area contributed by atoms with Gasteiger partial charge in [-0.25, -0.2) is 0 Å². The molecule has 0 aromatic heterocycles. The fourth-order valence-corrected chi connectivity index (χ4v) is 0.289. The van der Waals surface area contributed by atoms with Crippen LogP contribution in [0.1, 0.15) is 20.8 Å². The monoisotopic (exact) mass is 133 g/mol. The first kappa shape index (κ1) is 8.31. The first-order valence-corrected chi connectivity index (χ1v) is 3.36. The Balaban J connectivity index is 3.71. The minimum atomic E-state index is -0.0139. The van der Waals surface area contributed by atoms with E-state index in [1.54, 1.807) is 0 Å². The minimum Gasteiger partial charge on any atom is -0.306 e. The topological polar surface area (TPSA) is 12.0 Å². The Morgan fingerprint density at radius 3 is 1.88 bits per heavy atom. The normalized spacial score (nSPS) is 18.8. The number of hydrogen-bond donors (Lipinski definition) is 2. The van der Waals surface area contributed by atoms with Gasteiger partial charge in [0.05, 0.1) is 4.87 Å². The van der Waals surface area contributed by atoms with E-state index in [2.05, 4.69) is 38.7 Å². The summed E-state index contributed by atoms with van der Waals surface area (Å²) in [6, 6.07) is 0. The van der Waals surface area contributed by atoms with Crippen LogP contribution in [0.15, 0.2) is 0 Å². The second kappa shape index (κ2) is 2.74. The van der Waals surface area contributed by atoms with Gasteiger partial charge in [-0.2, -0.15) is 12.6 Å². The largest absolute Gasteiger partial charge is 0.306 e. The predicted molar refractivity (Wildman–Crippen MR) is 41.3 cm³/mol. The van der Waals surface area contributed by atoms with Crippen molar-refractivity contribution in [2.75, 3.05) is 7.05 Å². The molecular formula is C6H15NS. The lowest BCUT2D eigenvalue weighted by Crippen LogP contribution is -2.38. The van der Waals surface area contributed by atoms with Gasteiger partial charge in [0, 0.05) is 0 Å². The first-order chi connectivity index (χ1) is 3.50. The highest BCUT2D eigenvalue weighted by atomic mass is 32.1. The van der Waals surface area contributed by atoms with E-state index in [0.717, 1.165) is 0 Å². The van der Waals surface area contributed by atoms with Crippen LogP contribution in [0.3, 0.4) is 0 Å². The van der Waals surface area contributed by atoms with Crippen molar-refractivity contribution < 1.29 is 0 Å². The SMILES string of the molecule is CNC(C)(S)C(C)C. The van der Waals surface area contributed by atoms with E-state index in [1.165, 1.54) is 0 Å². The van der Waals surface area contributed by atoms with Crippen molar-refractivity contribution >= 4 is 12.6 Å². The van der Waals surface area contributed by atoms with Gasteiger partial charge in [0.25, 0.3) is 0 Å². The molecular weight excluding hydrogens is 118 g/mol. The zero-order valence-corrected chi connectivity index (χ0v) is 6.92. The zero-order valence-electron chi connectivity index (χ0n) is 6.02. The van der Waals surface area contributed by atoms with Crippen LogP contribution in [0.4, 0.5) is 0 Å². The minimum absolute atomic E-state index is 0.0139. The van der Waals surface area contributed by atoms with Crippen LogP contribution in [0.2, 0.25) is 0 Å². The maximum absolute atomic E-state index is 4.37. The summed E-state index contributed by atoms with van der Waals surface area (Å²) in [5.74, 6) is 0.566. The Bertz CT molecular complexity index is 68.9. The summed E-state index contributed by atoms with van der Waals surface area (Å²) in [7, 11) is 1.92. The molecule has 0 aromatic carbocycles. The quantitative estimate of drug-likeness (QED) is 0.430. The summed E-state index contributed by atoms with van der Waals surface area (Å²) in [5, 5.41) is 3.10. The Hall–Kier alpha value is 0.310. The molecule has 0 aliphatic rings. The third kappa shape index (κ3) is 2.05. The summed E-state index contributed by atoms with van der Waals surface area (Å²) in [4.78, 5) is -0.0139. The highest BCUT2D eigenvalue weighted by Crippen LogP contribution is 2.18. The van der Waals surface area contributed by atoms with Crippen LogP contribution in [0.5, 0.6) is 0 Å². The van der Waals surface area contributed by atoms with Crippen LogP contribution in [-0.2, 0) is 0 Å². The third-order valence-electron chi connectivity index (χ3n) is 1.63. The summed E-state index contributed by atoms with van der Waals surface area (Å²) < 4.78 is 0. The van der Waals surface area contributed by atoms with Crippen molar-refractivity contribution in [3.8, 4) is 0 Å². The molecule has 0 aromatic rings. The number of hydrogen-bond acceptors (Lipinski definition) is 2. The molecule has 0 spiro atoms. The maximum atomic E-state index is 4.37. The van der Waals surface area contributed by atoms with Crippen LogP contribution in [0, 0.1) is 5.92 Å². The average Bonchev–Trinajstić information content (AvgIpc) is 1.67. The van der Waals surface area contributed by atoms with Gasteiger partial charge in [0.15, 0.2) is 0 Å². The second-order valence-corrected chi connectivity index (χ2v) is 3.48. The smallest absolute Gasteiger partial charge is 0.0607 e. The molecule has 0 aliphatic carbocycles. The Morgan fingerprint density at radius 2 is 1.88 bits per heavy atom. The Kier molecular flexibility index (Phi) is 2.84. The molecule has 0 rings (SSSR count). The van der Waals surface area contributed by atoms with Gasteiger partial charge in [-0.15, -0.1) is 0 Å². The van der Waals surface area contributed by atoms with E-state index < -0.39 is 0 Å². The molecule has 1 atom stereocenters. The van der Waals surface area contributed by atoms with E-state index >= 15 is 0 Å². The summed E-state index contributed by atoms with van der Waals surface area (Å²) >= 11 is 4.37. The Morgan fingerprint density at radius 1 is 1.50 bits per heavy atom. The molecule has 0 radical (unpaired) electrons. The maximum Gasteiger partial charge on any atom is 0.0607 e. The molecule has 0 fully saturated rings. The van der Waals surface area contributed by atoms with Crippen LogP contribution < -0.4 is 5.32 Å². The predicted octanol–water partition coefficient (Wildman–Crippen LogP) is 1.51. The summed E-state index contributed by atoms with van der Waals surface area (Å²) in [5.41, 5.74) is 0. The molecule has 2 heteroatoms. The molecule has 1 unspecified atom stereocenters. The van der Waals surface area contributed by atoms with E-state index in [4.69, 9.17) is 0 Å². The fourth-order valence-electron chi connectivity index (χ4n) is 0.289. The van der Waals surface area contributed by atoms with Crippen molar-refractivity contribution in [1.82, 2.24) is 5.32 Å². The number of rotatable bonds is 2. The van der Waals surface area contributed by atoms with Gasteiger partial charge in [-0.1, -0.05) is 13.8 Å². The van der Waals surface area contributed by atoms with Gasteiger partial charge in [-0.3, -0.25) is 0 Å². The third-order valence-corrected chi connectivity index (χ3v) is 2.37. The molecule has 0 aliphatic heterocycles. The summed E-state index contributed by atoms with van der Waals surface area (Å²) in [6.07, 6.45) is 0. The fraction of sp³-hybridized carbons (Fsp3) is 1.00. The molecule has 0 saturated heterocycles. The standard InChI is InChI=1S/C6H15NS/c1-5(2)6(3,8)7-4/h5,7-8H,1-4H3. The van der Waals surface area contributed by atoms with Gasteiger partial charge < -0.3 is 5.32 Å². The molecule has 0 saturated carbocycles. The van der Waals surface area contributed by atoms with Gasteiger partial charge in [0.1, 0.15) is 0 Å². The van der Waals surface area contributed by atoms with Gasteiger partial charge in [0.2, 0.25) is 0 Å². The number of nitrogens with one attached hydrogen (secondary N) is 1. The summed E-state index contributed by atoms with van der Waals surface area (Å²) in [6.45, 7) is 6.35. The molecule has 1 N–H and O–H groups in total. The van der Waals surface area contributed by atoms with Crippen LogP contribution in [-0.4, -0.2) is 11.9 Å². The average molecular weight is 133 g/mol. The molecule has 50 valence electrons. The van der Waals surface area contributed by atoms with Gasteiger partial charge in [-0.05, 0) is 19.9 Å². The highest BCUT2D eigenvalue weighted by molar-refractivity contribution is 7.81.